The second-order valence-corrected chi connectivity index (χ2v) is 4.35. The number of hydrogen-bond acceptors (Lipinski definition) is 5. The molecule has 0 aliphatic carbocycles. The fourth-order valence-corrected chi connectivity index (χ4v) is 2.05. The number of ether oxygens (including phenoxy) is 1. The fraction of sp³-hybridized carbons (Fsp3) is 0.500. The Morgan fingerprint density at radius 2 is 2.44 bits per heavy atom. The summed E-state index contributed by atoms with van der Waals surface area (Å²) >= 11 is 0. The number of fused-ring (bicyclic) bond motifs is 1. The maximum atomic E-state index is 6.07. The molecule has 3 heterocycles. The van der Waals surface area contributed by atoms with Gasteiger partial charge in [-0.15, -0.1) is 10.2 Å². The summed E-state index contributed by atoms with van der Waals surface area (Å²) < 4.78 is 7.29. The molecule has 0 spiro atoms. The molecular formula is C10H13N5O. The van der Waals surface area contributed by atoms with E-state index in [2.05, 4.69) is 15.2 Å². The van der Waals surface area contributed by atoms with Crippen LogP contribution in [-0.2, 0) is 10.2 Å². The Bertz CT molecular complexity index is 525. The first-order valence-electron chi connectivity index (χ1n) is 5.21. The predicted molar refractivity (Wildman–Crippen MR) is 56.9 cm³/mol. The summed E-state index contributed by atoms with van der Waals surface area (Å²) in [5.74, 6) is 1.42. The lowest BCUT2D eigenvalue weighted by Gasteiger charge is -2.24. The minimum atomic E-state index is -0.289. The molecule has 84 valence electrons. The third kappa shape index (κ3) is 1.17. The highest BCUT2D eigenvalue weighted by Crippen LogP contribution is 2.30. The van der Waals surface area contributed by atoms with Crippen LogP contribution in [0.5, 0.6) is 0 Å². The molecule has 2 aromatic heterocycles. The molecule has 6 nitrogen and oxygen atoms in total. The normalized spacial score (nSPS) is 30.0. The summed E-state index contributed by atoms with van der Waals surface area (Å²) in [5, 5.41) is 8.22. The van der Waals surface area contributed by atoms with Crippen LogP contribution in [0, 0.1) is 0 Å². The molecule has 0 bridgehead atoms. The lowest BCUT2D eigenvalue weighted by Crippen LogP contribution is -2.43. The van der Waals surface area contributed by atoms with Crippen molar-refractivity contribution in [3.8, 4) is 0 Å². The molecule has 3 rings (SSSR count). The molecule has 0 radical (unpaired) electrons. The number of aromatic nitrogens is 4. The van der Waals surface area contributed by atoms with E-state index in [1.807, 2.05) is 23.6 Å². The summed E-state index contributed by atoms with van der Waals surface area (Å²) in [6.45, 7) is 3.18. The van der Waals surface area contributed by atoms with Crippen LogP contribution in [0.2, 0.25) is 0 Å². The van der Waals surface area contributed by atoms with Crippen molar-refractivity contribution in [3.05, 3.63) is 24.3 Å². The number of hydrogen-bond donors (Lipinski definition) is 1. The van der Waals surface area contributed by atoms with Crippen LogP contribution >= 0.6 is 0 Å². The first-order valence-corrected chi connectivity index (χ1v) is 5.21. The highest BCUT2D eigenvalue weighted by atomic mass is 16.5. The molecule has 2 atom stereocenters. The SMILES string of the molecule is CC1(c2nnc3ncccn23)COCC1N. The molecule has 2 N–H and O–H groups in total. The van der Waals surface area contributed by atoms with Crippen molar-refractivity contribution in [1.82, 2.24) is 19.6 Å². The Morgan fingerprint density at radius 3 is 3.19 bits per heavy atom. The summed E-state index contributed by atoms with van der Waals surface area (Å²) in [5.41, 5.74) is 5.78. The third-order valence-electron chi connectivity index (χ3n) is 3.22. The molecular weight excluding hydrogens is 206 g/mol. The topological polar surface area (TPSA) is 78.3 Å². The van der Waals surface area contributed by atoms with Gasteiger partial charge in [0, 0.05) is 18.4 Å². The van der Waals surface area contributed by atoms with E-state index in [0.29, 0.717) is 19.0 Å². The highest BCUT2D eigenvalue weighted by Gasteiger charge is 2.43. The van der Waals surface area contributed by atoms with Crippen molar-refractivity contribution in [2.75, 3.05) is 13.2 Å². The van der Waals surface area contributed by atoms with Crippen molar-refractivity contribution in [2.45, 2.75) is 18.4 Å². The average Bonchev–Trinajstić information content (AvgIpc) is 2.85. The van der Waals surface area contributed by atoms with Crippen molar-refractivity contribution in [1.29, 1.82) is 0 Å². The Hall–Kier alpha value is -1.53. The van der Waals surface area contributed by atoms with Gasteiger partial charge in [-0.3, -0.25) is 4.40 Å². The first-order chi connectivity index (χ1) is 7.72. The zero-order valence-corrected chi connectivity index (χ0v) is 9.00. The quantitative estimate of drug-likeness (QED) is 0.715. The maximum absolute atomic E-state index is 6.07. The monoisotopic (exact) mass is 219 g/mol. The molecule has 0 saturated carbocycles. The van der Waals surface area contributed by atoms with Gasteiger partial charge in [-0.1, -0.05) is 0 Å². The van der Waals surface area contributed by atoms with Crippen LogP contribution in [0.3, 0.4) is 0 Å². The molecule has 1 aliphatic heterocycles. The molecule has 2 aromatic rings. The van der Waals surface area contributed by atoms with E-state index in [0.717, 1.165) is 5.82 Å². The highest BCUT2D eigenvalue weighted by molar-refractivity contribution is 5.30. The van der Waals surface area contributed by atoms with Gasteiger partial charge in [-0.05, 0) is 13.0 Å². The second-order valence-electron chi connectivity index (χ2n) is 4.35. The van der Waals surface area contributed by atoms with E-state index >= 15 is 0 Å². The lowest BCUT2D eigenvalue weighted by atomic mass is 9.85. The van der Waals surface area contributed by atoms with Crippen molar-refractivity contribution < 1.29 is 4.74 Å². The minimum Gasteiger partial charge on any atom is -0.379 e. The van der Waals surface area contributed by atoms with Crippen LogP contribution in [0.4, 0.5) is 0 Å². The molecule has 6 heteroatoms. The Balaban J connectivity index is 2.19. The van der Waals surface area contributed by atoms with Gasteiger partial charge in [-0.2, -0.15) is 0 Å². The van der Waals surface area contributed by atoms with Crippen LogP contribution in [0.1, 0.15) is 12.7 Å². The van der Waals surface area contributed by atoms with E-state index in [1.54, 1.807) is 6.20 Å². The van der Waals surface area contributed by atoms with Gasteiger partial charge in [0.2, 0.25) is 0 Å². The summed E-state index contributed by atoms with van der Waals surface area (Å²) in [7, 11) is 0. The third-order valence-corrected chi connectivity index (χ3v) is 3.22. The van der Waals surface area contributed by atoms with Gasteiger partial charge in [0.1, 0.15) is 5.82 Å². The predicted octanol–water partition coefficient (Wildman–Crippen LogP) is -0.261. The Labute approximate surface area is 92.4 Å². The smallest absolute Gasteiger partial charge is 0.254 e. The van der Waals surface area contributed by atoms with Gasteiger partial charge >= 0.3 is 0 Å². The van der Waals surface area contributed by atoms with Gasteiger partial charge < -0.3 is 10.5 Å². The summed E-state index contributed by atoms with van der Waals surface area (Å²) in [6.07, 6.45) is 3.59. The molecule has 2 unspecified atom stereocenters. The summed E-state index contributed by atoms with van der Waals surface area (Å²) in [4.78, 5) is 4.14. The molecule has 16 heavy (non-hydrogen) atoms. The van der Waals surface area contributed by atoms with Crippen molar-refractivity contribution in [3.63, 3.8) is 0 Å². The number of rotatable bonds is 1. The van der Waals surface area contributed by atoms with Crippen LogP contribution in [0.15, 0.2) is 18.5 Å². The number of nitrogens with zero attached hydrogens (tertiary/aromatic N) is 4. The van der Waals surface area contributed by atoms with Crippen molar-refractivity contribution in [2.24, 2.45) is 5.73 Å². The largest absolute Gasteiger partial charge is 0.379 e. The molecule has 0 amide bonds. The van der Waals surface area contributed by atoms with Crippen LogP contribution in [0.25, 0.3) is 5.78 Å². The number of nitrogens with two attached hydrogens (primary N) is 1. The molecule has 1 fully saturated rings. The van der Waals surface area contributed by atoms with Gasteiger partial charge in [-0.25, -0.2) is 4.98 Å². The van der Waals surface area contributed by atoms with Gasteiger partial charge in [0.05, 0.1) is 18.6 Å². The molecule has 0 aromatic carbocycles. The fourth-order valence-electron chi connectivity index (χ4n) is 2.05. The van der Waals surface area contributed by atoms with E-state index < -0.39 is 0 Å². The zero-order chi connectivity index (χ0) is 11.2. The lowest BCUT2D eigenvalue weighted by molar-refractivity contribution is 0.178. The van der Waals surface area contributed by atoms with Gasteiger partial charge in [0.25, 0.3) is 5.78 Å². The van der Waals surface area contributed by atoms with Crippen LogP contribution in [-0.4, -0.2) is 38.8 Å². The van der Waals surface area contributed by atoms with Crippen LogP contribution < -0.4 is 5.73 Å². The average molecular weight is 219 g/mol. The second kappa shape index (κ2) is 3.23. The summed E-state index contributed by atoms with van der Waals surface area (Å²) in [6, 6.07) is 1.80. The van der Waals surface area contributed by atoms with E-state index in [9.17, 15) is 0 Å². The van der Waals surface area contributed by atoms with Crippen molar-refractivity contribution >= 4 is 5.78 Å². The van der Waals surface area contributed by atoms with Gasteiger partial charge in [0.15, 0.2) is 0 Å². The van der Waals surface area contributed by atoms with E-state index in [-0.39, 0.29) is 11.5 Å². The molecule has 1 saturated heterocycles. The minimum absolute atomic E-state index is 0.0555. The first kappa shape index (κ1) is 9.68. The van der Waals surface area contributed by atoms with E-state index in [1.165, 1.54) is 0 Å². The molecule has 1 aliphatic rings. The van der Waals surface area contributed by atoms with E-state index in [4.69, 9.17) is 10.5 Å². The Kier molecular flexibility index (Phi) is 1.95. The zero-order valence-electron chi connectivity index (χ0n) is 9.00. The Morgan fingerprint density at radius 1 is 1.56 bits per heavy atom. The maximum Gasteiger partial charge on any atom is 0.254 e. The standard InChI is InChI=1S/C10H13N5O/c1-10(6-16-5-7(10)11)8-13-14-9-12-3-2-4-15(8)9/h2-4,7H,5-6,11H2,1H3.